The Labute approximate surface area is 132 Å². The topological polar surface area (TPSA) is 55.8 Å². The lowest BCUT2D eigenvalue weighted by atomic mass is 9.98. The van der Waals surface area contributed by atoms with E-state index in [1.54, 1.807) is 0 Å². The first-order valence-electron chi connectivity index (χ1n) is 7.94. The fourth-order valence-corrected chi connectivity index (χ4v) is 2.70. The predicted octanol–water partition coefficient (Wildman–Crippen LogP) is 1.07. The monoisotopic (exact) mass is 305 g/mol. The van der Waals surface area contributed by atoms with E-state index in [-0.39, 0.29) is 12.5 Å². The number of carbonyl (C=O) groups is 1. The first kappa shape index (κ1) is 16.8. The predicted molar refractivity (Wildman–Crippen MR) is 88.9 cm³/mol. The van der Waals surface area contributed by atoms with Gasteiger partial charge in [0.1, 0.15) is 0 Å². The molecule has 1 saturated heterocycles. The van der Waals surface area contributed by atoms with Crippen LogP contribution < -0.4 is 10.2 Å². The van der Waals surface area contributed by atoms with Crippen LogP contribution in [0.4, 0.5) is 5.69 Å². The average Bonchev–Trinajstić information content (AvgIpc) is 2.54. The lowest BCUT2D eigenvalue weighted by molar-refractivity contribution is -0.122. The maximum absolute atomic E-state index is 12.0. The van der Waals surface area contributed by atoms with Gasteiger partial charge in [-0.2, -0.15) is 0 Å². The van der Waals surface area contributed by atoms with E-state index >= 15 is 0 Å². The number of nitrogens with zero attached hydrogens (tertiary/aromatic N) is 2. The Morgan fingerprint density at radius 1 is 1.27 bits per heavy atom. The van der Waals surface area contributed by atoms with Crippen LogP contribution in [0.25, 0.3) is 0 Å². The zero-order valence-corrected chi connectivity index (χ0v) is 13.6. The summed E-state index contributed by atoms with van der Waals surface area (Å²) in [6, 6.07) is 8.20. The zero-order chi connectivity index (χ0) is 15.9. The molecule has 5 heteroatoms. The number of amides is 1. The summed E-state index contributed by atoms with van der Waals surface area (Å²) < 4.78 is 0. The van der Waals surface area contributed by atoms with Gasteiger partial charge < -0.3 is 15.3 Å². The van der Waals surface area contributed by atoms with E-state index in [4.69, 9.17) is 5.11 Å². The molecule has 2 rings (SSSR count). The van der Waals surface area contributed by atoms with Crippen LogP contribution in [0.3, 0.4) is 0 Å². The van der Waals surface area contributed by atoms with Crippen molar-refractivity contribution in [3.8, 4) is 0 Å². The summed E-state index contributed by atoms with van der Waals surface area (Å²) >= 11 is 0. The number of hydrogen-bond donors (Lipinski definition) is 2. The first-order valence-corrected chi connectivity index (χ1v) is 7.94. The van der Waals surface area contributed by atoms with Crippen molar-refractivity contribution in [3.63, 3.8) is 0 Å². The molecule has 5 nitrogen and oxygen atoms in total. The van der Waals surface area contributed by atoms with Crippen molar-refractivity contribution >= 4 is 11.6 Å². The van der Waals surface area contributed by atoms with Crippen LogP contribution in [0.15, 0.2) is 24.3 Å². The number of aliphatic hydroxyl groups is 1. The zero-order valence-electron chi connectivity index (χ0n) is 13.6. The van der Waals surface area contributed by atoms with Gasteiger partial charge in [0, 0.05) is 32.9 Å². The van der Waals surface area contributed by atoms with Crippen LogP contribution in [-0.2, 0) is 11.3 Å². The molecule has 1 fully saturated rings. The van der Waals surface area contributed by atoms with Crippen LogP contribution in [0, 0.1) is 5.92 Å². The lowest BCUT2D eigenvalue weighted by Crippen LogP contribution is -2.41. The third kappa shape index (κ3) is 5.00. The van der Waals surface area contributed by atoms with Crippen LogP contribution in [0.5, 0.6) is 0 Å². The van der Waals surface area contributed by atoms with Crippen molar-refractivity contribution < 1.29 is 9.90 Å². The van der Waals surface area contributed by atoms with Gasteiger partial charge in [-0.25, -0.2) is 0 Å². The molecule has 0 bridgehead atoms. The standard InChI is InChI=1S/C17H27N3O2/c1-19(2)16-5-3-14(4-6-16)11-18-17(22)12-20-9-7-15(13-21)8-10-20/h3-6,15,21H,7-13H2,1-2H3,(H,18,22). The van der Waals surface area contributed by atoms with Crippen LogP contribution in [0.1, 0.15) is 18.4 Å². The third-order valence-electron chi connectivity index (χ3n) is 4.27. The van der Waals surface area contributed by atoms with Gasteiger partial charge in [-0.1, -0.05) is 12.1 Å². The highest BCUT2D eigenvalue weighted by Gasteiger charge is 2.19. The van der Waals surface area contributed by atoms with E-state index in [2.05, 4.69) is 27.2 Å². The summed E-state index contributed by atoms with van der Waals surface area (Å²) in [6.07, 6.45) is 1.96. The highest BCUT2D eigenvalue weighted by Crippen LogP contribution is 2.16. The van der Waals surface area contributed by atoms with Gasteiger partial charge in [0.15, 0.2) is 0 Å². The molecule has 0 aliphatic carbocycles. The van der Waals surface area contributed by atoms with E-state index in [1.165, 1.54) is 0 Å². The Balaban J connectivity index is 1.71. The first-order chi connectivity index (χ1) is 10.6. The van der Waals surface area contributed by atoms with Gasteiger partial charge in [-0.05, 0) is 49.5 Å². The van der Waals surface area contributed by atoms with Crippen molar-refractivity contribution in [2.24, 2.45) is 5.92 Å². The molecule has 122 valence electrons. The van der Waals surface area contributed by atoms with Crippen molar-refractivity contribution in [1.82, 2.24) is 10.2 Å². The fourth-order valence-electron chi connectivity index (χ4n) is 2.70. The summed E-state index contributed by atoms with van der Waals surface area (Å²) in [5.41, 5.74) is 2.26. The molecule has 1 heterocycles. The summed E-state index contributed by atoms with van der Waals surface area (Å²) in [5, 5.41) is 12.1. The molecule has 1 aliphatic rings. The molecule has 0 unspecified atom stereocenters. The number of nitrogens with one attached hydrogen (secondary N) is 1. The summed E-state index contributed by atoms with van der Waals surface area (Å²) in [7, 11) is 4.02. The number of hydrogen-bond acceptors (Lipinski definition) is 4. The fraction of sp³-hybridized carbons (Fsp3) is 0.588. The number of rotatable bonds is 6. The van der Waals surface area contributed by atoms with Gasteiger partial charge in [0.25, 0.3) is 0 Å². The van der Waals surface area contributed by atoms with Crippen LogP contribution in [0.2, 0.25) is 0 Å². The van der Waals surface area contributed by atoms with E-state index in [1.807, 2.05) is 26.2 Å². The second-order valence-electron chi connectivity index (χ2n) is 6.24. The average molecular weight is 305 g/mol. The molecule has 1 aromatic rings. The van der Waals surface area contributed by atoms with E-state index < -0.39 is 0 Å². The van der Waals surface area contributed by atoms with Crippen molar-refractivity contribution in [2.75, 3.05) is 45.2 Å². The van der Waals surface area contributed by atoms with E-state index in [9.17, 15) is 4.79 Å². The summed E-state index contributed by atoms with van der Waals surface area (Å²) in [5.74, 6) is 0.480. The molecule has 0 aromatic heterocycles. The number of carbonyl (C=O) groups excluding carboxylic acids is 1. The maximum atomic E-state index is 12.0. The molecular formula is C17H27N3O2. The normalized spacial score (nSPS) is 16.5. The Kier molecular flexibility index (Phi) is 6.21. The summed E-state index contributed by atoms with van der Waals surface area (Å²) in [6.45, 7) is 3.09. The molecular weight excluding hydrogens is 278 g/mol. The minimum Gasteiger partial charge on any atom is -0.396 e. The number of piperidine rings is 1. The highest BCUT2D eigenvalue weighted by atomic mass is 16.3. The van der Waals surface area contributed by atoms with Crippen LogP contribution in [-0.4, -0.2) is 56.3 Å². The number of anilines is 1. The molecule has 22 heavy (non-hydrogen) atoms. The highest BCUT2D eigenvalue weighted by molar-refractivity contribution is 5.78. The number of aliphatic hydroxyl groups excluding tert-OH is 1. The Morgan fingerprint density at radius 2 is 1.91 bits per heavy atom. The quantitative estimate of drug-likeness (QED) is 0.825. The van der Waals surface area contributed by atoms with Gasteiger partial charge in [-0.15, -0.1) is 0 Å². The molecule has 0 spiro atoms. The SMILES string of the molecule is CN(C)c1ccc(CNC(=O)CN2CCC(CO)CC2)cc1. The van der Waals surface area contributed by atoms with Crippen molar-refractivity contribution in [3.05, 3.63) is 29.8 Å². The largest absolute Gasteiger partial charge is 0.396 e. The number of likely N-dealkylation sites (tertiary alicyclic amines) is 1. The van der Waals surface area contributed by atoms with Gasteiger partial charge >= 0.3 is 0 Å². The second-order valence-corrected chi connectivity index (χ2v) is 6.24. The minimum absolute atomic E-state index is 0.0686. The maximum Gasteiger partial charge on any atom is 0.234 e. The molecule has 1 aliphatic heterocycles. The van der Waals surface area contributed by atoms with Crippen LogP contribution >= 0.6 is 0 Å². The smallest absolute Gasteiger partial charge is 0.234 e. The lowest BCUT2D eigenvalue weighted by Gasteiger charge is -2.30. The molecule has 0 saturated carbocycles. The second kappa shape index (κ2) is 8.15. The van der Waals surface area contributed by atoms with Crippen molar-refractivity contribution in [1.29, 1.82) is 0 Å². The summed E-state index contributed by atoms with van der Waals surface area (Å²) in [4.78, 5) is 16.2. The molecule has 1 amide bonds. The molecule has 2 N–H and O–H groups in total. The van der Waals surface area contributed by atoms with E-state index in [0.29, 0.717) is 19.0 Å². The third-order valence-corrected chi connectivity index (χ3v) is 4.27. The van der Waals surface area contributed by atoms with E-state index in [0.717, 1.165) is 37.2 Å². The molecule has 1 aromatic carbocycles. The number of benzene rings is 1. The van der Waals surface area contributed by atoms with Gasteiger partial charge in [-0.3, -0.25) is 9.69 Å². The van der Waals surface area contributed by atoms with Crippen molar-refractivity contribution in [2.45, 2.75) is 19.4 Å². The van der Waals surface area contributed by atoms with Gasteiger partial charge in [0.2, 0.25) is 5.91 Å². The Bertz CT molecular complexity index is 465. The Morgan fingerprint density at radius 3 is 2.45 bits per heavy atom. The minimum atomic E-state index is 0.0686. The molecule has 0 radical (unpaired) electrons. The van der Waals surface area contributed by atoms with Gasteiger partial charge in [0.05, 0.1) is 6.54 Å². The Hall–Kier alpha value is -1.59. The molecule has 0 atom stereocenters.